The lowest BCUT2D eigenvalue weighted by atomic mass is 10.1. The van der Waals surface area contributed by atoms with Gasteiger partial charge in [-0.2, -0.15) is 0 Å². The second-order valence-corrected chi connectivity index (χ2v) is 6.93. The number of para-hydroxylation sites is 2. The summed E-state index contributed by atoms with van der Waals surface area (Å²) in [4.78, 5) is 0. The van der Waals surface area contributed by atoms with E-state index in [2.05, 4.69) is 69.9 Å². The minimum atomic E-state index is 1.11. The SMILES string of the molecule is CCCCCCCCn1c2ccccc2c2cccc(Br)c21. The monoisotopic (exact) mass is 357 g/mol. The highest BCUT2D eigenvalue weighted by Gasteiger charge is 2.11. The average Bonchev–Trinajstić information content (AvgIpc) is 2.87. The van der Waals surface area contributed by atoms with E-state index >= 15 is 0 Å². The molecule has 1 heterocycles. The molecule has 1 aromatic heterocycles. The van der Waals surface area contributed by atoms with Crippen molar-refractivity contribution < 1.29 is 0 Å². The molecule has 0 unspecified atom stereocenters. The first-order chi connectivity index (χ1) is 10.8. The van der Waals surface area contributed by atoms with Gasteiger partial charge in [-0.15, -0.1) is 0 Å². The van der Waals surface area contributed by atoms with Gasteiger partial charge in [0.2, 0.25) is 0 Å². The van der Waals surface area contributed by atoms with Crippen LogP contribution in [0.3, 0.4) is 0 Å². The summed E-state index contributed by atoms with van der Waals surface area (Å²) in [5, 5.41) is 2.72. The van der Waals surface area contributed by atoms with Gasteiger partial charge in [0.1, 0.15) is 0 Å². The zero-order valence-electron chi connectivity index (χ0n) is 13.3. The molecular formula is C20H24BrN. The molecule has 22 heavy (non-hydrogen) atoms. The standard InChI is InChI=1S/C20H24BrN/c1-2-3-4-5-6-9-15-22-19-14-8-7-11-16(19)17-12-10-13-18(21)20(17)22/h7-8,10-14H,2-6,9,15H2,1H3. The molecule has 2 aromatic carbocycles. The lowest BCUT2D eigenvalue weighted by Gasteiger charge is -2.08. The van der Waals surface area contributed by atoms with Gasteiger partial charge in [0, 0.05) is 27.3 Å². The fourth-order valence-electron chi connectivity index (χ4n) is 3.35. The average molecular weight is 358 g/mol. The van der Waals surface area contributed by atoms with Gasteiger partial charge < -0.3 is 4.57 Å². The summed E-state index contributed by atoms with van der Waals surface area (Å²) < 4.78 is 3.70. The van der Waals surface area contributed by atoms with Crippen molar-refractivity contribution in [2.24, 2.45) is 0 Å². The minimum absolute atomic E-state index is 1.11. The molecule has 1 nitrogen and oxygen atoms in total. The van der Waals surface area contributed by atoms with Gasteiger partial charge in [-0.25, -0.2) is 0 Å². The molecule has 0 amide bonds. The predicted octanol–water partition coefficient (Wildman–Crippen LogP) is 6.92. The largest absolute Gasteiger partial charge is 0.340 e. The van der Waals surface area contributed by atoms with Gasteiger partial charge in [-0.3, -0.25) is 0 Å². The van der Waals surface area contributed by atoms with Crippen molar-refractivity contribution in [2.75, 3.05) is 0 Å². The van der Waals surface area contributed by atoms with Crippen LogP contribution in [0, 0.1) is 0 Å². The summed E-state index contributed by atoms with van der Waals surface area (Å²) in [6.07, 6.45) is 8.04. The van der Waals surface area contributed by atoms with E-state index in [4.69, 9.17) is 0 Å². The number of fused-ring (bicyclic) bond motifs is 3. The molecule has 0 aliphatic rings. The van der Waals surface area contributed by atoms with Crippen LogP contribution in [0.15, 0.2) is 46.9 Å². The third-order valence-electron chi connectivity index (χ3n) is 4.48. The molecule has 0 N–H and O–H groups in total. The number of aromatic nitrogens is 1. The molecule has 0 aliphatic heterocycles. The van der Waals surface area contributed by atoms with Gasteiger partial charge >= 0.3 is 0 Å². The van der Waals surface area contributed by atoms with E-state index < -0.39 is 0 Å². The molecule has 0 saturated carbocycles. The molecule has 116 valence electrons. The van der Waals surface area contributed by atoms with Gasteiger partial charge in [0.25, 0.3) is 0 Å². The van der Waals surface area contributed by atoms with Crippen LogP contribution < -0.4 is 0 Å². The topological polar surface area (TPSA) is 4.93 Å². The second-order valence-electron chi connectivity index (χ2n) is 6.07. The van der Waals surface area contributed by atoms with E-state index in [1.165, 1.54) is 64.8 Å². The van der Waals surface area contributed by atoms with E-state index in [0.717, 1.165) is 6.54 Å². The Hall–Kier alpha value is -1.28. The van der Waals surface area contributed by atoms with Gasteiger partial charge in [-0.1, -0.05) is 69.4 Å². The number of hydrogen-bond donors (Lipinski definition) is 0. The van der Waals surface area contributed by atoms with Crippen molar-refractivity contribution in [2.45, 2.75) is 52.0 Å². The Bertz CT molecular complexity index is 757. The van der Waals surface area contributed by atoms with E-state index in [1.54, 1.807) is 0 Å². The number of benzene rings is 2. The van der Waals surface area contributed by atoms with Crippen molar-refractivity contribution in [1.29, 1.82) is 0 Å². The number of halogens is 1. The lowest BCUT2D eigenvalue weighted by Crippen LogP contribution is -1.98. The zero-order chi connectivity index (χ0) is 15.4. The molecule has 3 aromatic rings. The summed E-state index contributed by atoms with van der Waals surface area (Å²) in [7, 11) is 0. The molecule has 0 radical (unpaired) electrons. The Morgan fingerprint density at radius 1 is 0.818 bits per heavy atom. The fourth-order valence-corrected chi connectivity index (χ4v) is 3.93. The molecule has 0 saturated heterocycles. The number of aryl methyl sites for hydroxylation is 1. The van der Waals surface area contributed by atoms with Gasteiger partial charge in [-0.05, 0) is 34.5 Å². The summed E-state index contributed by atoms with van der Waals surface area (Å²) in [5.41, 5.74) is 2.70. The highest BCUT2D eigenvalue weighted by atomic mass is 79.9. The lowest BCUT2D eigenvalue weighted by molar-refractivity contribution is 0.571. The van der Waals surface area contributed by atoms with E-state index in [1.807, 2.05) is 0 Å². The molecule has 2 heteroatoms. The van der Waals surface area contributed by atoms with Crippen molar-refractivity contribution in [1.82, 2.24) is 4.57 Å². The van der Waals surface area contributed by atoms with E-state index in [0.29, 0.717) is 0 Å². The third kappa shape index (κ3) is 3.08. The maximum atomic E-state index is 3.75. The normalized spacial score (nSPS) is 11.5. The van der Waals surface area contributed by atoms with Crippen LogP contribution >= 0.6 is 15.9 Å². The molecule has 0 spiro atoms. The first-order valence-electron chi connectivity index (χ1n) is 8.48. The minimum Gasteiger partial charge on any atom is -0.340 e. The Balaban J connectivity index is 1.86. The maximum absolute atomic E-state index is 3.75. The van der Waals surface area contributed by atoms with Crippen LogP contribution in [0.5, 0.6) is 0 Å². The maximum Gasteiger partial charge on any atom is 0.0635 e. The molecule has 0 fully saturated rings. The number of nitrogens with zero attached hydrogens (tertiary/aromatic N) is 1. The molecule has 0 atom stereocenters. The first-order valence-corrected chi connectivity index (χ1v) is 9.27. The predicted molar refractivity (Wildman–Crippen MR) is 101 cm³/mol. The van der Waals surface area contributed by atoms with Crippen LogP contribution in [0.25, 0.3) is 21.8 Å². The quantitative estimate of drug-likeness (QED) is 0.404. The van der Waals surface area contributed by atoms with Crippen LogP contribution in [0.2, 0.25) is 0 Å². The van der Waals surface area contributed by atoms with Crippen LogP contribution in [0.4, 0.5) is 0 Å². The van der Waals surface area contributed by atoms with E-state index in [9.17, 15) is 0 Å². The molecular weight excluding hydrogens is 334 g/mol. The number of hydrogen-bond acceptors (Lipinski definition) is 0. The molecule has 3 rings (SSSR count). The Morgan fingerprint density at radius 3 is 2.41 bits per heavy atom. The van der Waals surface area contributed by atoms with Crippen molar-refractivity contribution in [3.05, 3.63) is 46.9 Å². The van der Waals surface area contributed by atoms with E-state index in [-0.39, 0.29) is 0 Å². The highest BCUT2D eigenvalue weighted by Crippen LogP contribution is 2.33. The summed E-state index contributed by atoms with van der Waals surface area (Å²) >= 11 is 3.75. The molecule has 0 bridgehead atoms. The Morgan fingerprint density at radius 2 is 1.55 bits per heavy atom. The fraction of sp³-hybridized carbons (Fsp3) is 0.400. The van der Waals surface area contributed by atoms with Crippen molar-refractivity contribution in [3.63, 3.8) is 0 Å². The summed E-state index contributed by atoms with van der Waals surface area (Å²) in [5.74, 6) is 0. The highest BCUT2D eigenvalue weighted by molar-refractivity contribution is 9.10. The second kappa shape index (κ2) is 7.32. The summed E-state index contributed by atoms with van der Waals surface area (Å²) in [6.45, 7) is 3.38. The van der Waals surface area contributed by atoms with Crippen LogP contribution in [-0.4, -0.2) is 4.57 Å². The smallest absolute Gasteiger partial charge is 0.0635 e. The molecule has 0 aliphatic carbocycles. The van der Waals surface area contributed by atoms with Gasteiger partial charge in [0.15, 0.2) is 0 Å². The number of rotatable bonds is 7. The Labute approximate surface area is 141 Å². The summed E-state index contributed by atoms with van der Waals surface area (Å²) in [6, 6.07) is 15.3. The van der Waals surface area contributed by atoms with Crippen molar-refractivity contribution in [3.8, 4) is 0 Å². The van der Waals surface area contributed by atoms with Crippen LogP contribution in [-0.2, 0) is 6.54 Å². The third-order valence-corrected chi connectivity index (χ3v) is 5.12. The van der Waals surface area contributed by atoms with Crippen molar-refractivity contribution >= 4 is 37.7 Å². The van der Waals surface area contributed by atoms with Crippen LogP contribution in [0.1, 0.15) is 45.4 Å². The van der Waals surface area contributed by atoms with Gasteiger partial charge in [0.05, 0.1) is 5.52 Å². The number of unbranched alkanes of at least 4 members (excludes halogenated alkanes) is 5. The Kier molecular flexibility index (Phi) is 5.20. The zero-order valence-corrected chi connectivity index (χ0v) is 14.9. The first kappa shape index (κ1) is 15.6.